The summed E-state index contributed by atoms with van der Waals surface area (Å²) in [6, 6.07) is 40.2. The lowest BCUT2D eigenvalue weighted by Gasteiger charge is -2.40. The largest absolute Gasteiger partial charge is 0.494 e. The Bertz CT molecular complexity index is 2280. The monoisotopic (exact) mass is 1250 g/mol. The number of aryl methyl sites for hydroxylation is 1. The molecular formula is C59H77B2Br4NO7. The maximum Gasteiger partial charge on any atom is 0.494 e. The molecule has 3 aliphatic rings. The molecule has 0 aliphatic carbocycles. The zero-order chi connectivity index (χ0) is 52.9. The molecule has 3 saturated heterocycles. The fourth-order valence-electron chi connectivity index (χ4n) is 8.28. The van der Waals surface area contributed by atoms with Crippen molar-refractivity contribution in [3.8, 4) is 0 Å². The summed E-state index contributed by atoms with van der Waals surface area (Å²) in [5.41, 5.74) is 6.68. The van der Waals surface area contributed by atoms with Crippen molar-refractivity contribution in [2.24, 2.45) is 5.41 Å². The predicted molar refractivity (Wildman–Crippen MR) is 317 cm³/mol. The number of ether oxygens (including phenoxy) is 3. The SMILES string of the molecule is Brc1cc(Br)cc(Br)c1.CCC1(COCCCCCCOCc2ccc(Br)cc2)COC1.CCCCc1ccc(N(c2ccc(B3OC(C)(C)C(C)(C)O3)cc2)c2ccc(B3OC(C)(C)C(C)(C)O3)cc2)cc1. The first kappa shape index (κ1) is 59.9. The van der Waals surface area contributed by atoms with Gasteiger partial charge in [0.25, 0.3) is 0 Å². The molecule has 0 bridgehead atoms. The van der Waals surface area contributed by atoms with E-state index >= 15 is 0 Å². The van der Waals surface area contributed by atoms with Gasteiger partial charge in [-0.3, -0.25) is 0 Å². The number of halogens is 4. The Hall–Kier alpha value is -2.33. The van der Waals surface area contributed by atoms with Crippen LogP contribution in [0.3, 0.4) is 0 Å². The van der Waals surface area contributed by atoms with E-state index in [1.165, 1.54) is 36.8 Å². The summed E-state index contributed by atoms with van der Waals surface area (Å²) in [4.78, 5) is 2.28. The van der Waals surface area contributed by atoms with Crippen LogP contribution in [-0.2, 0) is 45.9 Å². The van der Waals surface area contributed by atoms with Crippen molar-refractivity contribution in [3.05, 3.63) is 144 Å². The first-order chi connectivity index (χ1) is 34.6. The summed E-state index contributed by atoms with van der Waals surface area (Å²) in [6.45, 7) is 26.2. The van der Waals surface area contributed by atoms with Crippen LogP contribution in [0.5, 0.6) is 0 Å². The first-order valence-corrected chi connectivity index (χ1v) is 29.2. The highest BCUT2D eigenvalue weighted by molar-refractivity contribution is 9.11. The highest BCUT2D eigenvalue weighted by atomic mass is 79.9. The van der Waals surface area contributed by atoms with Crippen LogP contribution >= 0.6 is 63.7 Å². The van der Waals surface area contributed by atoms with Gasteiger partial charge in [-0.05, 0) is 176 Å². The Morgan fingerprint density at radius 2 is 0.877 bits per heavy atom. The molecule has 3 heterocycles. The minimum Gasteiger partial charge on any atom is -0.399 e. The van der Waals surface area contributed by atoms with Crippen LogP contribution in [0.25, 0.3) is 0 Å². The summed E-state index contributed by atoms with van der Waals surface area (Å²) in [5.74, 6) is 0. The predicted octanol–water partition coefficient (Wildman–Crippen LogP) is 16.0. The Morgan fingerprint density at radius 1 is 0.479 bits per heavy atom. The molecule has 3 fully saturated rings. The average Bonchev–Trinajstić information content (AvgIpc) is 3.70. The second-order valence-corrected chi connectivity index (χ2v) is 25.2. The Balaban J connectivity index is 0.000000226. The van der Waals surface area contributed by atoms with Crippen LogP contribution in [0.1, 0.15) is 125 Å². The lowest BCUT2D eigenvalue weighted by molar-refractivity contribution is -0.150. The van der Waals surface area contributed by atoms with Gasteiger partial charge in [-0.2, -0.15) is 0 Å². The number of benzene rings is 5. The van der Waals surface area contributed by atoms with Crippen molar-refractivity contribution in [2.75, 3.05) is 37.9 Å². The van der Waals surface area contributed by atoms with Crippen LogP contribution in [0.15, 0.2) is 133 Å². The quantitative estimate of drug-likeness (QED) is 0.0564. The Morgan fingerprint density at radius 3 is 1.26 bits per heavy atom. The molecule has 8 nitrogen and oxygen atoms in total. The highest BCUT2D eigenvalue weighted by Gasteiger charge is 2.52. The van der Waals surface area contributed by atoms with Gasteiger partial charge in [-0.25, -0.2) is 0 Å². The van der Waals surface area contributed by atoms with E-state index in [1.807, 2.05) is 18.2 Å². The normalized spacial score (nSPS) is 17.8. The van der Waals surface area contributed by atoms with E-state index in [1.54, 1.807) is 0 Å². The summed E-state index contributed by atoms with van der Waals surface area (Å²) >= 11 is 13.5. The second-order valence-electron chi connectivity index (χ2n) is 21.5. The number of nitrogens with zero attached hydrogens (tertiary/aromatic N) is 1. The van der Waals surface area contributed by atoms with Crippen molar-refractivity contribution in [2.45, 2.75) is 150 Å². The molecule has 0 radical (unpaired) electrons. The molecule has 73 heavy (non-hydrogen) atoms. The summed E-state index contributed by atoms with van der Waals surface area (Å²) in [6.07, 6.45) is 9.35. The van der Waals surface area contributed by atoms with Crippen LogP contribution in [0.4, 0.5) is 17.1 Å². The zero-order valence-corrected chi connectivity index (χ0v) is 51.2. The fourth-order valence-corrected chi connectivity index (χ4v) is 10.9. The molecule has 3 aliphatic heterocycles. The van der Waals surface area contributed by atoms with Crippen molar-refractivity contribution in [1.82, 2.24) is 0 Å². The van der Waals surface area contributed by atoms with E-state index in [2.05, 4.69) is 235 Å². The number of rotatable bonds is 20. The Labute approximate surface area is 472 Å². The molecule has 14 heteroatoms. The van der Waals surface area contributed by atoms with E-state index in [4.69, 9.17) is 32.8 Å². The average molecular weight is 1250 g/mol. The summed E-state index contributed by atoms with van der Waals surface area (Å²) < 4.78 is 46.3. The molecule has 0 atom stereocenters. The van der Waals surface area contributed by atoms with E-state index in [-0.39, 0.29) is 36.6 Å². The number of unbranched alkanes of at least 4 members (excludes halogenated alkanes) is 4. The van der Waals surface area contributed by atoms with Gasteiger partial charge in [0.15, 0.2) is 0 Å². The lowest BCUT2D eigenvalue weighted by atomic mass is 9.79. The maximum atomic E-state index is 6.30. The third kappa shape index (κ3) is 17.1. The van der Waals surface area contributed by atoms with E-state index in [0.29, 0.717) is 12.0 Å². The number of hydrogen-bond acceptors (Lipinski definition) is 8. The zero-order valence-electron chi connectivity index (χ0n) is 44.8. The molecule has 394 valence electrons. The van der Waals surface area contributed by atoms with Gasteiger partial charge in [0.05, 0.1) is 48.8 Å². The van der Waals surface area contributed by atoms with Gasteiger partial charge < -0.3 is 37.7 Å². The topological polar surface area (TPSA) is 67.9 Å². The van der Waals surface area contributed by atoms with Gasteiger partial charge >= 0.3 is 14.2 Å². The smallest absolute Gasteiger partial charge is 0.399 e. The van der Waals surface area contributed by atoms with Gasteiger partial charge in [0.2, 0.25) is 0 Å². The molecule has 0 aromatic heterocycles. The second kappa shape index (κ2) is 27.3. The molecule has 0 saturated carbocycles. The summed E-state index contributed by atoms with van der Waals surface area (Å²) in [5, 5.41) is 0. The number of hydrogen-bond donors (Lipinski definition) is 0. The molecule has 0 amide bonds. The lowest BCUT2D eigenvalue weighted by Crippen LogP contribution is -2.45. The van der Waals surface area contributed by atoms with Gasteiger partial charge in [-0.15, -0.1) is 0 Å². The molecule has 5 aromatic carbocycles. The molecule has 0 unspecified atom stereocenters. The molecule has 5 aromatic rings. The minimum atomic E-state index is -0.389. The van der Waals surface area contributed by atoms with Crippen LogP contribution in [0, 0.1) is 5.41 Å². The third-order valence-electron chi connectivity index (χ3n) is 14.7. The molecule has 0 N–H and O–H groups in total. The van der Waals surface area contributed by atoms with Gasteiger partial charge in [0.1, 0.15) is 0 Å². The van der Waals surface area contributed by atoms with Crippen LogP contribution in [-0.4, -0.2) is 69.7 Å². The van der Waals surface area contributed by atoms with Gasteiger partial charge in [0, 0.05) is 53.6 Å². The van der Waals surface area contributed by atoms with Crippen LogP contribution < -0.4 is 15.8 Å². The van der Waals surface area contributed by atoms with Crippen molar-refractivity contribution in [3.63, 3.8) is 0 Å². The van der Waals surface area contributed by atoms with Gasteiger partial charge in [-0.1, -0.05) is 145 Å². The van der Waals surface area contributed by atoms with Crippen molar-refractivity contribution in [1.29, 1.82) is 0 Å². The third-order valence-corrected chi connectivity index (χ3v) is 16.6. The van der Waals surface area contributed by atoms with Crippen LogP contribution in [0.2, 0.25) is 0 Å². The van der Waals surface area contributed by atoms with E-state index < -0.39 is 0 Å². The first-order valence-electron chi connectivity index (χ1n) is 26.0. The standard InChI is InChI=1S/C34H45B2NO4.C19H29BrO3.C6H3Br3/c1-10-11-12-25-13-19-28(20-14-25)37(29-21-15-26(16-22-29)35-38-31(2,3)32(4,5)39-35)30-23-17-27(18-24-30)36-40-33(6,7)34(8,9)41-36;1-2-19(15-23-16-19)14-22-12-6-4-3-5-11-21-13-17-7-9-18(20)10-8-17;7-4-1-5(8)3-6(9)2-4/h13-24H,10-12H2,1-9H3;7-10H,2-6,11-16H2,1H3;1-3H. The van der Waals surface area contributed by atoms with Crippen molar-refractivity contribution < 1.29 is 32.8 Å². The maximum absolute atomic E-state index is 6.30. The Kier molecular flexibility index (Phi) is 22.4. The molecule has 0 spiro atoms. The van der Waals surface area contributed by atoms with E-state index in [9.17, 15) is 0 Å². The molecular weight excluding hydrogens is 1180 g/mol. The highest BCUT2D eigenvalue weighted by Crippen LogP contribution is 2.40. The molecule has 8 rings (SSSR count). The van der Waals surface area contributed by atoms with Crippen molar-refractivity contribution >= 4 is 106 Å². The summed E-state index contributed by atoms with van der Waals surface area (Å²) in [7, 11) is -0.779. The number of anilines is 3. The minimum absolute atomic E-state index is 0.320. The van der Waals surface area contributed by atoms with E-state index in [0.717, 1.165) is 105 Å². The fraction of sp³-hybridized carbons (Fsp3) is 0.492.